The van der Waals surface area contributed by atoms with Gasteiger partial charge in [0.05, 0.1) is 0 Å². The summed E-state index contributed by atoms with van der Waals surface area (Å²) in [6.07, 6.45) is 2.37. The first kappa shape index (κ1) is 21.1. The number of amides is 2. The summed E-state index contributed by atoms with van der Waals surface area (Å²) < 4.78 is 5.52. The van der Waals surface area contributed by atoms with Crippen LogP contribution in [0.4, 0.5) is 5.13 Å². The van der Waals surface area contributed by atoms with Crippen molar-refractivity contribution < 1.29 is 14.3 Å². The van der Waals surface area contributed by atoms with Crippen molar-refractivity contribution in [2.75, 3.05) is 45.7 Å². The molecule has 0 radical (unpaired) electrons. The number of ether oxygens (including phenoxy) is 1. The third kappa shape index (κ3) is 7.94. The van der Waals surface area contributed by atoms with Crippen LogP contribution in [-0.4, -0.2) is 66.9 Å². The summed E-state index contributed by atoms with van der Waals surface area (Å²) in [5, 5.41) is 5.58. The SMILES string of the molecule is CN(C)CCCN(CC(=O)Nc1nccs1)C(=O)COc1ccc(Cl)cc1. The van der Waals surface area contributed by atoms with E-state index in [1.165, 1.54) is 16.2 Å². The van der Waals surface area contributed by atoms with Crippen molar-refractivity contribution in [1.82, 2.24) is 14.8 Å². The van der Waals surface area contributed by atoms with Gasteiger partial charge in [-0.2, -0.15) is 0 Å². The first-order chi connectivity index (χ1) is 12.9. The normalized spacial score (nSPS) is 10.7. The van der Waals surface area contributed by atoms with Crippen LogP contribution in [0.1, 0.15) is 6.42 Å². The summed E-state index contributed by atoms with van der Waals surface area (Å²) in [5.74, 6) is 0.0147. The minimum absolute atomic E-state index is 0.0458. The van der Waals surface area contributed by atoms with Crippen LogP contribution in [-0.2, 0) is 9.59 Å². The molecule has 2 rings (SSSR count). The largest absolute Gasteiger partial charge is 0.484 e. The number of carbonyl (C=O) groups is 2. The van der Waals surface area contributed by atoms with Crippen molar-refractivity contribution >= 4 is 39.9 Å². The van der Waals surface area contributed by atoms with Crippen molar-refractivity contribution in [3.63, 3.8) is 0 Å². The van der Waals surface area contributed by atoms with Crippen LogP contribution in [0.2, 0.25) is 5.02 Å². The third-order valence-corrected chi connectivity index (χ3v) is 4.52. The molecule has 9 heteroatoms. The van der Waals surface area contributed by atoms with Crippen LogP contribution in [0.25, 0.3) is 0 Å². The summed E-state index contributed by atoms with van der Waals surface area (Å²) in [5.41, 5.74) is 0. The van der Waals surface area contributed by atoms with Gasteiger partial charge in [0, 0.05) is 23.1 Å². The average Bonchev–Trinajstić information content (AvgIpc) is 3.12. The summed E-state index contributed by atoms with van der Waals surface area (Å²) in [6.45, 7) is 1.09. The second-order valence-electron chi connectivity index (χ2n) is 6.10. The van der Waals surface area contributed by atoms with Gasteiger partial charge < -0.3 is 19.9 Å². The smallest absolute Gasteiger partial charge is 0.260 e. The topological polar surface area (TPSA) is 74.8 Å². The van der Waals surface area contributed by atoms with E-state index in [-0.39, 0.29) is 25.0 Å². The van der Waals surface area contributed by atoms with Gasteiger partial charge in [-0.15, -0.1) is 11.3 Å². The first-order valence-electron chi connectivity index (χ1n) is 8.44. The van der Waals surface area contributed by atoms with E-state index in [1.54, 1.807) is 35.8 Å². The lowest BCUT2D eigenvalue weighted by Crippen LogP contribution is -2.41. The zero-order chi connectivity index (χ0) is 19.6. The highest BCUT2D eigenvalue weighted by Crippen LogP contribution is 2.15. The molecule has 1 aromatic heterocycles. The molecule has 0 aliphatic heterocycles. The Balaban J connectivity index is 1.91. The summed E-state index contributed by atoms with van der Waals surface area (Å²) in [4.78, 5) is 32.3. The molecule has 0 aliphatic rings. The number of aromatic nitrogens is 1. The van der Waals surface area contributed by atoms with Gasteiger partial charge in [-0.3, -0.25) is 9.59 Å². The van der Waals surface area contributed by atoms with Gasteiger partial charge in [0.2, 0.25) is 5.91 Å². The second kappa shape index (κ2) is 10.9. The van der Waals surface area contributed by atoms with Gasteiger partial charge in [-0.25, -0.2) is 4.98 Å². The van der Waals surface area contributed by atoms with Gasteiger partial charge in [0.15, 0.2) is 11.7 Å². The summed E-state index contributed by atoms with van der Waals surface area (Å²) in [6, 6.07) is 6.78. The fourth-order valence-corrected chi connectivity index (χ4v) is 2.93. The number of hydrogen-bond acceptors (Lipinski definition) is 6. The average molecular weight is 411 g/mol. The molecular formula is C18H23ClN4O3S. The molecule has 0 aliphatic carbocycles. The van der Waals surface area contributed by atoms with Crippen molar-refractivity contribution in [1.29, 1.82) is 0 Å². The lowest BCUT2D eigenvalue weighted by molar-refractivity contribution is -0.136. The zero-order valence-electron chi connectivity index (χ0n) is 15.4. The molecule has 1 aromatic carbocycles. The number of anilines is 1. The Morgan fingerprint density at radius 1 is 1.22 bits per heavy atom. The quantitative estimate of drug-likeness (QED) is 0.651. The molecule has 2 aromatic rings. The molecular weight excluding hydrogens is 388 g/mol. The number of benzene rings is 1. The van der Waals surface area contributed by atoms with Gasteiger partial charge in [0.25, 0.3) is 5.91 Å². The zero-order valence-corrected chi connectivity index (χ0v) is 16.9. The Labute approximate surface area is 167 Å². The monoisotopic (exact) mass is 410 g/mol. The molecule has 2 amide bonds. The Morgan fingerprint density at radius 3 is 2.59 bits per heavy atom. The van der Waals surface area contributed by atoms with E-state index in [4.69, 9.17) is 16.3 Å². The first-order valence-corrected chi connectivity index (χ1v) is 9.70. The Hall–Kier alpha value is -2.16. The Bertz CT molecular complexity index is 723. The molecule has 146 valence electrons. The van der Waals surface area contributed by atoms with E-state index in [9.17, 15) is 9.59 Å². The standard InChI is InChI=1S/C18H23ClN4O3S/c1-22(2)9-3-10-23(12-16(24)21-18-20-8-11-27-18)17(25)13-26-15-6-4-14(19)5-7-15/h4-8,11H,3,9-10,12-13H2,1-2H3,(H,20,21,24). The lowest BCUT2D eigenvalue weighted by Gasteiger charge is -2.23. The lowest BCUT2D eigenvalue weighted by atomic mass is 10.3. The van der Waals surface area contributed by atoms with Gasteiger partial charge in [-0.1, -0.05) is 11.6 Å². The maximum absolute atomic E-state index is 12.6. The van der Waals surface area contributed by atoms with Crippen molar-refractivity contribution in [2.45, 2.75) is 6.42 Å². The number of halogens is 1. The molecule has 0 saturated carbocycles. The minimum atomic E-state index is -0.283. The Morgan fingerprint density at radius 2 is 1.96 bits per heavy atom. The minimum Gasteiger partial charge on any atom is -0.484 e. The van der Waals surface area contributed by atoms with Gasteiger partial charge >= 0.3 is 0 Å². The predicted octanol–water partition coefficient (Wildman–Crippen LogP) is 2.59. The maximum Gasteiger partial charge on any atom is 0.260 e. The van der Waals surface area contributed by atoms with E-state index in [1.807, 2.05) is 19.0 Å². The number of nitrogens with one attached hydrogen (secondary N) is 1. The number of rotatable bonds is 10. The van der Waals surface area contributed by atoms with E-state index in [0.29, 0.717) is 22.4 Å². The fourth-order valence-electron chi connectivity index (χ4n) is 2.25. The van der Waals surface area contributed by atoms with Crippen LogP contribution in [0.5, 0.6) is 5.75 Å². The highest BCUT2D eigenvalue weighted by molar-refractivity contribution is 7.13. The van der Waals surface area contributed by atoms with E-state index < -0.39 is 0 Å². The summed E-state index contributed by atoms with van der Waals surface area (Å²) in [7, 11) is 3.93. The highest BCUT2D eigenvalue weighted by Gasteiger charge is 2.18. The molecule has 0 spiro atoms. The molecule has 0 bridgehead atoms. The number of carbonyl (C=O) groups excluding carboxylic acids is 2. The fraction of sp³-hybridized carbons (Fsp3) is 0.389. The van der Waals surface area contributed by atoms with Crippen molar-refractivity contribution in [3.05, 3.63) is 40.9 Å². The molecule has 27 heavy (non-hydrogen) atoms. The Kier molecular flexibility index (Phi) is 8.50. The van der Waals surface area contributed by atoms with Crippen LogP contribution in [0, 0.1) is 0 Å². The van der Waals surface area contributed by atoms with E-state index in [2.05, 4.69) is 10.3 Å². The molecule has 0 atom stereocenters. The number of hydrogen-bond donors (Lipinski definition) is 1. The van der Waals surface area contributed by atoms with Crippen molar-refractivity contribution in [3.8, 4) is 5.75 Å². The second-order valence-corrected chi connectivity index (χ2v) is 7.43. The van der Waals surface area contributed by atoms with Gasteiger partial charge in [0.1, 0.15) is 12.3 Å². The number of thiazole rings is 1. The molecule has 0 unspecified atom stereocenters. The number of nitrogens with zero attached hydrogens (tertiary/aromatic N) is 3. The maximum atomic E-state index is 12.6. The predicted molar refractivity (Wildman–Crippen MR) is 107 cm³/mol. The highest BCUT2D eigenvalue weighted by atomic mass is 35.5. The van der Waals surface area contributed by atoms with Crippen LogP contribution in [0.3, 0.4) is 0 Å². The van der Waals surface area contributed by atoms with Gasteiger partial charge in [-0.05, 0) is 51.3 Å². The molecule has 7 nitrogen and oxygen atoms in total. The van der Waals surface area contributed by atoms with Crippen LogP contribution in [0.15, 0.2) is 35.8 Å². The molecule has 0 fully saturated rings. The molecule has 1 N–H and O–H groups in total. The van der Waals surface area contributed by atoms with Crippen molar-refractivity contribution in [2.24, 2.45) is 0 Å². The van der Waals surface area contributed by atoms with E-state index >= 15 is 0 Å². The summed E-state index contributed by atoms with van der Waals surface area (Å²) >= 11 is 7.17. The molecule has 0 saturated heterocycles. The molecule has 1 heterocycles. The van der Waals surface area contributed by atoms with Crippen LogP contribution >= 0.6 is 22.9 Å². The third-order valence-electron chi connectivity index (χ3n) is 3.58. The van der Waals surface area contributed by atoms with Crippen LogP contribution < -0.4 is 10.1 Å². The van der Waals surface area contributed by atoms with E-state index in [0.717, 1.165) is 13.0 Å².